The van der Waals surface area contributed by atoms with Gasteiger partial charge in [0, 0.05) is 6.54 Å². The molecule has 5 unspecified atom stereocenters. The Hall–Kier alpha value is -0.0800. The second kappa shape index (κ2) is 5.96. The fourth-order valence-electron chi connectivity index (χ4n) is 5.20. The summed E-state index contributed by atoms with van der Waals surface area (Å²) < 4.78 is 6.16. The van der Waals surface area contributed by atoms with Gasteiger partial charge in [-0.3, -0.25) is 0 Å². The average Bonchev–Trinajstić information content (AvgIpc) is 3.05. The van der Waals surface area contributed by atoms with Crippen LogP contribution >= 0.6 is 0 Å². The van der Waals surface area contributed by atoms with Gasteiger partial charge >= 0.3 is 0 Å². The first kappa shape index (κ1) is 14.8. The molecule has 20 heavy (non-hydrogen) atoms. The number of rotatable bonds is 6. The molecule has 3 fully saturated rings. The summed E-state index contributed by atoms with van der Waals surface area (Å²) in [5.41, 5.74) is 0.562. The van der Waals surface area contributed by atoms with Crippen LogP contribution in [0.25, 0.3) is 0 Å². The molecule has 2 aliphatic carbocycles. The Kier molecular flexibility index (Phi) is 4.42. The third-order valence-corrected chi connectivity index (χ3v) is 6.09. The van der Waals surface area contributed by atoms with E-state index in [2.05, 4.69) is 26.1 Å². The van der Waals surface area contributed by atoms with Crippen molar-refractivity contribution in [2.24, 2.45) is 23.2 Å². The average molecular weight is 279 g/mol. The lowest BCUT2D eigenvalue weighted by Gasteiger charge is -2.40. The van der Waals surface area contributed by atoms with E-state index in [9.17, 15) is 0 Å². The van der Waals surface area contributed by atoms with Gasteiger partial charge in [0.25, 0.3) is 0 Å². The molecule has 1 aliphatic heterocycles. The summed E-state index contributed by atoms with van der Waals surface area (Å²) in [6.07, 6.45) is 10.9. The molecular formula is C18H33NO. The molecular weight excluding hydrogens is 246 g/mol. The van der Waals surface area contributed by atoms with Gasteiger partial charge in [-0.1, -0.05) is 20.3 Å². The van der Waals surface area contributed by atoms with Gasteiger partial charge in [-0.2, -0.15) is 0 Å². The van der Waals surface area contributed by atoms with Crippen LogP contribution in [0.1, 0.15) is 65.7 Å². The molecule has 2 bridgehead atoms. The normalized spacial score (nSPS) is 43.8. The minimum atomic E-state index is 0.499. The fourth-order valence-corrected chi connectivity index (χ4v) is 5.20. The maximum Gasteiger partial charge on any atom is 0.0585 e. The minimum absolute atomic E-state index is 0.499. The summed E-state index contributed by atoms with van der Waals surface area (Å²) in [5, 5.41) is 3.78. The molecule has 0 radical (unpaired) electrons. The van der Waals surface area contributed by atoms with Crippen molar-refractivity contribution < 1.29 is 4.74 Å². The Morgan fingerprint density at radius 2 is 2.05 bits per heavy atom. The number of fused-ring (bicyclic) bond motifs is 2. The van der Waals surface area contributed by atoms with Crippen molar-refractivity contribution in [1.82, 2.24) is 5.32 Å². The predicted molar refractivity (Wildman–Crippen MR) is 83.8 cm³/mol. The molecule has 0 spiro atoms. The SMILES string of the molecule is CC(C)CNCC1(CC2CCC(C)O2)CC2CCC1C2. The molecule has 0 aromatic heterocycles. The largest absolute Gasteiger partial charge is 0.375 e. The van der Waals surface area contributed by atoms with Gasteiger partial charge in [0.2, 0.25) is 0 Å². The maximum absolute atomic E-state index is 6.16. The van der Waals surface area contributed by atoms with Crippen LogP contribution in [-0.2, 0) is 4.74 Å². The first-order valence-corrected chi connectivity index (χ1v) is 8.93. The van der Waals surface area contributed by atoms with E-state index in [0.717, 1.165) is 17.8 Å². The summed E-state index contributed by atoms with van der Waals surface area (Å²) in [7, 11) is 0. The van der Waals surface area contributed by atoms with Crippen LogP contribution in [0.15, 0.2) is 0 Å². The number of hydrogen-bond acceptors (Lipinski definition) is 2. The Morgan fingerprint density at radius 3 is 2.60 bits per heavy atom. The zero-order chi connectivity index (χ0) is 14.2. The summed E-state index contributed by atoms with van der Waals surface area (Å²) in [5.74, 6) is 2.76. The van der Waals surface area contributed by atoms with Crippen LogP contribution in [0.3, 0.4) is 0 Å². The van der Waals surface area contributed by atoms with E-state index in [4.69, 9.17) is 4.74 Å². The lowest BCUT2D eigenvalue weighted by molar-refractivity contribution is 0.00432. The van der Waals surface area contributed by atoms with Crippen molar-refractivity contribution in [3.8, 4) is 0 Å². The van der Waals surface area contributed by atoms with Crippen molar-refractivity contribution in [3.05, 3.63) is 0 Å². The van der Waals surface area contributed by atoms with Crippen LogP contribution in [0.2, 0.25) is 0 Å². The lowest BCUT2D eigenvalue weighted by atomic mass is 9.69. The molecule has 1 heterocycles. The summed E-state index contributed by atoms with van der Waals surface area (Å²) in [6, 6.07) is 0. The standard InChI is InChI=1S/C18H33NO/c1-13(2)11-19-12-18(9-15-5-6-16(18)8-15)10-17-7-4-14(3)20-17/h13-17,19H,4-12H2,1-3H3. The van der Waals surface area contributed by atoms with Crippen LogP contribution in [-0.4, -0.2) is 25.3 Å². The lowest BCUT2D eigenvalue weighted by Crippen LogP contribution is -2.42. The number of hydrogen-bond donors (Lipinski definition) is 1. The molecule has 5 atom stereocenters. The van der Waals surface area contributed by atoms with Gasteiger partial charge in [0.1, 0.15) is 0 Å². The first-order valence-electron chi connectivity index (χ1n) is 8.93. The second-order valence-electron chi connectivity index (χ2n) is 8.32. The fraction of sp³-hybridized carbons (Fsp3) is 1.00. The van der Waals surface area contributed by atoms with Gasteiger partial charge in [0.05, 0.1) is 12.2 Å². The predicted octanol–water partition coefficient (Wildman–Crippen LogP) is 4.00. The molecule has 3 rings (SSSR count). The van der Waals surface area contributed by atoms with Crippen molar-refractivity contribution in [2.45, 2.75) is 77.9 Å². The zero-order valence-electron chi connectivity index (χ0n) is 13.7. The molecule has 0 amide bonds. The number of nitrogens with one attached hydrogen (secondary N) is 1. The van der Waals surface area contributed by atoms with E-state index in [1.54, 1.807) is 0 Å². The van der Waals surface area contributed by atoms with Gasteiger partial charge in [-0.25, -0.2) is 0 Å². The topological polar surface area (TPSA) is 21.3 Å². The molecule has 2 nitrogen and oxygen atoms in total. The highest BCUT2D eigenvalue weighted by atomic mass is 16.5. The van der Waals surface area contributed by atoms with E-state index in [1.807, 2.05) is 0 Å². The van der Waals surface area contributed by atoms with Gasteiger partial charge in [0.15, 0.2) is 0 Å². The van der Waals surface area contributed by atoms with Crippen LogP contribution in [0.4, 0.5) is 0 Å². The quantitative estimate of drug-likeness (QED) is 0.793. The summed E-state index contributed by atoms with van der Waals surface area (Å²) >= 11 is 0. The van der Waals surface area contributed by atoms with Crippen molar-refractivity contribution in [3.63, 3.8) is 0 Å². The Bertz CT molecular complexity index is 329. The molecule has 2 saturated carbocycles. The van der Waals surface area contributed by atoms with Crippen LogP contribution in [0, 0.1) is 23.2 Å². The third kappa shape index (κ3) is 3.06. The highest BCUT2D eigenvalue weighted by Crippen LogP contribution is 2.58. The Balaban J connectivity index is 1.61. The third-order valence-electron chi connectivity index (χ3n) is 6.09. The van der Waals surface area contributed by atoms with E-state index in [-0.39, 0.29) is 0 Å². The highest BCUT2D eigenvalue weighted by molar-refractivity contribution is 5.03. The van der Waals surface area contributed by atoms with E-state index in [0.29, 0.717) is 17.6 Å². The van der Waals surface area contributed by atoms with E-state index < -0.39 is 0 Å². The molecule has 0 aromatic carbocycles. The van der Waals surface area contributed by atoms with Crippen LogP contribution < -0.4 is 5.32 Å². The molecule has 1 saturated heterocycles. The van der Waals surface area contributed by atoms with E-state index >= 15 is 0 Å². The van der Waals surface area contributed by atoms with Crippen molar-refractivity contribution >= 4 is 0 Å². The molecule has 3 aliphatic rings. The van der Waals surface area contributed by atoms with Gasteiger partial charge in [-0.05, 0) is 75.2 Å². The summed E-state index contributed by atoms with van der Waals surface area (Å²) in [6.45, 7) is 9.26. The molecule has 0 aromatic rings. The van der Waals surface area contributed by atoms with Crippen molar-refractivity contribution in [1.29, 1.82) is 0 Å². The first-order chi connectivity index (χ1) is 9.57. The minimum Gasteiger partial charge on any atom is -0.375 e. The molecule has 1 N–H and O–H groups in total. The zero-order valence-corrected chi connectivity index (χ0v) is 13.7. The monoisotopic (exact) mass is 279 g/mol. The van der Waals surface area contributed by atoms with Crippen LogP contribution in [0.5, 0.6) is 0 Å². The summed E-state index contributed by atoms with van der Waals surface area (Å²) in [4.78, 5) is 0. The molecule has 2 heteroatoms. The van der Waals surface area contributed by atoms with Gasteiger partial charge in [-0.15, -0.1) is 0 Å². The molecule has 116 valence electrons. The van der Waals surface area contributed by atoms with Crippen molar-refractivity contribution in [2.75, 3.05) is 13.1 Å². The second-order valence-corrected chi connectivity index (χ2v) is 8.32. The Labute approximate surface area is 125 Å². The van der Waals surface area contributed by atoms with E-state index in [1.165, 1.54) is 58.0 Å². The van der Waals surface area contributed by atoms with Gasteiger partial charge < -0.3 is 10.1 Å². The number of ether oxygens (including phenoxy) is 1. The highest BCUT2D eigenvalue weighted by Gasteiger charge is 2.51. The Morgan fingerprint density at radius 1 is 1.20 bits per heavy atom. The maximum atomic E-state index is 6.16. The smallest absolute Gasteiger partial charge is 0.0585 e.